The van der Waals surface area contributed by atoms with E-state index in [-0.39, 0.29) is 5.75 Å². The van der Waals surface area contributed by atoms with Gasteiger partial charge < -0.3 is 10.0 Å². The SMILES string of the molecule is Cc1cc(C)c2c(c1)N(Cc1cccc(O)c1Cl)CCC2. The number of phenols is 1. The van der Waals surface area contributed by atoms with Gasteiger partial charge in [0.15, 0.2) is 0 Å². The van der Waals surface area contributed by atoms with Gasteiger partial charge >= 0.3 is 0 Å². The third-order valence-electron chi connectivity index (χ3n) is 4.21. The smallest absolute Gasteiger partial charge is 0.134 e. The molecule has 2 aromatic rings. The number of aromatic hydroxyl groups is 1. The van der Waals surface area contributed by atoms with Crippen LogP contribution in [-0.4, -0.2) is 11.7 Å². The first-order valence-electron chi connectivity index (χ1n) is 7.37. The van der Waals surface area contributed by atoms with Gasteiger partial charge in [-0.2, -0.15) is 0 Å². The van der Waals surface area contributed by atoms with E-state index in [4.69, 9.17) is 11.6 Å². The van der Waals surface area contributed by atoms with Crippen LogP contribution in [0.5, 0.6) is 5.75 Å². The highest BCUT2D eigenvalue weighted by atomic mass is 35.5. The zero-order valence-corrected chi connectivity index (χ0v) is 13.2. The van der Waals surface area contributed by atoms with Crippen molar-refractivity contribution in [2.45, 2.75) is 33.2 Å². The molecule has 3 rings (SSSR count). The van der Waals surface area contributed by atoms with Crippen LogP contribution >= 0.6 is 11.6 Å². The van der Waals surface area contributed by atoms with Crippen LogP contribution < -0.4 is 4.90 Å². The summed E-state index contributed by atoms with van der Waals surface area (Å²) >= 11 is 6.23. The van der Waals surface area contributed by atoms with Crippen LogP contribution in [0.25, 0.3) is 0 Å². The molecule has 0 unspecified atom stereocenters. The zero-order chi connectivity index (χ0) is 15.0. The molecule has 1 aliphatic heterocycles. The van der Waals surface area contributed by atoms with Gasteiger partial charge in [0.1, 0.15) is 5.75 Å². The van der Waals surface area contributed by atoms with Crippen molar-refractivity contribution in [3.05, 3.63) is 57.6 Å². The summed E-state index contributed by atoms with van der Waals surface area (Å²) in [6.45, 7) is 6.10. The van der Waals surface area contributed by atoms with Gasteiger partial charge in [0, 0.05) is 18.8 Å². The van der Waals surface area contributed by atoms with Crippen LogP contribution in [-0.2, 0) is 13.0 Å². The van der Waals surface area contributed by atoms with Gasteiger partial charge in [-0.1, -0.05) is 29.8 Å². The first kappa shape index (κ1) is 14.3. The summed E-state index contributed by atoms with van der Waals surface area (Å²) in [5, 5.41) is 10.2. The van der Waals surface area contributed by atoms with E-state index in [0.717, 1.165) is 31.5 Å². The summed E-state index contributed by atoms with van der Waals surface area (Å²) in [5.74, 6) is 0.159. The molecular formula is C18H20ClNO. The Morgan fingerprint density at radius 3 is 2.86 bits per heavy atom. The average molecular weight is 302 g/mol. The number of hydrogen-bond donors (Lipinski definition) is 1. The van der Waals surface area contributed by atoms with Crippen LogP contribution in [0.1, 0.15) is 28.7 Å². The minimum absolute atomic E-state index is 0.159. The van der Waals surface area contributed by atoms with Gasteiger partial charge in [-0.05, 0) is 61.1 Å². The minimum atomic E-state index is 0.159. The molecular weight excluding hydrogens is 282 g/mol. The monoisotopic (exact) mass is 301 g/mol. The van der Waals surface area contributed by atoms with Crippen molar-refractivity contribution < 1.29 is 5.11 Å². The second kappa shape index (κ2) is 5.61. The predicted molar refractivity (Wildman–Crippen MR) is 88.4 cm³/mol. The van der Waals surface area contributed by atoms with Crippen LogP contribution in [0.4, 0.5) is 5.69 Å². The second-order valence-electron chi connectivity index (χ2n) is 5.85. The molecule has 0 aliphatic carbocycles. The van der Waals surface area contributed by atoms with E-state index in [1.165, 1.54) is 22.4 Å². The lowest BCUT2D eigenvalue weighted by Gasteiger charge is -2.33. The predicted octanol–water partition coefficient (Wildman–Crippen LogP) is 4.62. The number of anilines is 1. The number of hydrogen-bond acceptors (Lipinski definition) is 2. The molecule has 0 atom stereocenters. The largest absolute Gasteiger partial charge is 0.506 e. The number of halogens is 1. The van der Waals surface area contributed by atoms with Gasteiger partial charge in [0.2, 0.25) is 0 Å². The zero-order valence-electron chi connectivity index (χ0n) is 12.5. The molecule has 2 nitrogen and oxygen atoms in total. The number of phenolic OH excluding ortho intramolecular Hbond substituents is 1. The number of rotatable bonds is 2. The Hall–Kier alpha value is -1.67. The van der Waals surface area contributed by atoms with Gasteiger partial charge in [0.05, 0.1) is 5.02 Å². The molecule has 0 aromatic heterocycles. The van der Waals surface area contributed by atoms with Crippen molar-refractivity contribution in [3.63, 3.8) is 0 Å². The quantitative estimate of drug-likeness (QED) is 0.875. The number of aryl methyl sites for hydroxylation is 2. The molecule has 2 aromatic carbocycles. The van der Waals surface area contributed by atoms with E-state index in [9.17, 15) is 5.11 Å². The summed E-state index contributed by atoms with van der Waals surface area (Å²) in [4.78, 5) is 2.37. The summed E-state index contributed by atoms with van der Waals surface area (Å²) in [5.41, 5.74) is 6.40. The van der Waals surface area contributed by atoms with Gasteiger partial charge in [-0.15, -0.1) is 0 Å². The number of fused-ring (bicyclic) bond motifs is 1. The fourth-order valence-corrected chi connectivity index (χ4v) is 3.39. The molecule has 0 spiro atoms. The second-order valence-corrected chi connectivity index (χ2v) is 6.23. The topological polar surface area (TPSA) is 23.5 Å². The fraction of sp³-hybridized carbons (Fsp3) is 0.333. The van der Waals surface area contributed by atoms with Gasteiger partial charge in [-0.3, -0.25) is 0 Å². The first-order valence-corrected chi connectivity index (χ1v) is 7.75. The van der Waals surface area contributed by atoms with Crippen molar-refractivity contribution in [2.24, 2.45) is 0 Å². The Bertz CT molecular complexity index is 681. The Kier molecular flexibility index (Phi) is 3.81. The van der Waals surface area contributed by atoms with Crippen LogP contribution in [0, 0.1) is 13.8 Å². The molecule has 0 saturated heterocycles. The molecule has 1 heterocycles. The van der Waals surface area contributed by atoms with E-state index in [1.54, 1.807) is 6.07 Å². The van der Waals surface area contributed by atoms with Crippen molar-refractivity contribution in [1.82, 2.24) is 0 Å². The Balaban J connectivity index is 1.97. The third-order valence-corrected chi connectivity index (χ3v) is 4.65. The van der Waals surface area contributed by atoms with Crippen molar-refractivity contribution in [1.29, 1.82) is 0 Å². The number of benzene rings is 2. The van der Waals surface area contributed by atoms with E-state index < -0.39 is 0 Å². The van der Waals surface area contributed by atoms with Crippen LogP contribution in [0.15, 0.2) is 30.3 Å². The maximum atomic E-state index is 9.76. The van der Waals surface area contributed by atoms with E-state index in [1.807, 2.05) is 12.1 Å². The highest BCUT2D eigenvalue weighted by molar-refractivity contribution is 6.32. The summed E-state index contributed by atoms with van der Waals surface area (Å²) in [6.07, 6.45) is 2.30. The maximum Gasteiger partial charge on any atom is 0.134 e. The summed E-state index contributed by atoms with van der Waals surface area (Å²) in [7, 11) is 0. The molecule has 0 radical (unpaired) electrons. The third kappa shape index (κ3) is 2.73. The summed E-state index contributed by atoms with van der Waals surface area (Å²) < 4.78 is 0. The molecule has 0 bridgehead atoms. The lowest BCUT2D eigenvalue weighted by Crippen LogP contribution is -2.29. The molecule has 0 saturated carbocycles. The maximum absolute atomic E-state index is 9.76. The lowest BCUT2D eigenvalue weighted by molar-refractivity contribution is 0.474. The molecule has 3 heteroatoms. The fourth-order valence-electron chi connectivity index (χ4n) is 3.21. The Morgan fingerprint density at radius 2 is 2.05 bits per heavy atom. The highest BCUT2D eigenvalue weighted by Crippen LogP contribution is 2.34. The van der Waals surface area contributed by atoms with Gasteiger partial charge in [0.25, 0.3) is 0 Å². The van der Waals surface area contributed by atoms with Crippen LogP contribution in [0.2, 0.25) is 5.02 Å². The van der Waals surface area contributed by atoms with Crippen LogP contribution in [0.3, 0.4) is 0 Å². The average Bonchev–Trinajstić information content (AvgIpc) is 2.44. The van der Waals surface area contributed by atoms with Crippen molar-refractivity contribution >= 4 is 17.3 Å². The first-order chi connectivity index (χ1) is 10.1. The molecule has 110 valence electrons. The molecule has 1 N–H and O–H groups in total. The molecule has 21 heavy (non-hydrogen) atoms. The van der Waals surface area contributed by atoms with E-state index in [2.05, 4.69) is 30.9 Å². The molecule has 1 aliphatic rings. The standard InChI is InChI=1S/C18H20ClNO/c1-12-9-13(2)15-6-4-8-20(16(15)10-12)11-14-5-3-7-17(21)18(14)19/h3,5,7,9-10,21H,4,6,8,11H2,1-2H3. The van der Waals surface area contributed by atoms with Crippen molar-refractivity contribution in [2.75, 3.05) is 11.4 Å². The Morgan fingerprint density at radius 1 is 1.24 bits per heavy atom. The number of nitrogens with zero attached hydrogens (tertiary/aromatic N) is 1. The lowest BCUT2D eigenvalue weighted by atomic mass is 9.94. The Labute approximate surface area is 131 Å². The highest BCUT2D eigenvalue weighted by Gasteiger charge is 2.20. The van der Waals surface area contributed by atoms with Gasteiger partial charge in [-0.25, -0.2) is 0 Å². The van der Waals surface area contributed by atoms with E-state index >= 15 is 0 Å². The molecule has 0 amide bonds. The van der Waals surface area contributed by atoms with E-state index in [0.29, 0.717) is 5.02 Å². The molecule has 0 fully saturated rings. The minimum Gasteiger partial charge on any atom is -0.506 e. The summed E-state index contributed by atoms with van der Waals surface area (Å²) in [6, 6.07) is 9.98. The van der Waals surface area contributed by atoms with Crippen molar-refractivity contribution in [3.8, 4) is 5.75 Å². The normalized spacial score (nSPS) is 14.1.